The lowest BCUT2D eigenvalue weighted by molar-refractivity contribution is 0.768. The van der Waals surface area contributed by atoms with E-state index in [1.807, 2.05) is 0 Å². The van der Waals surface area contributed by atoms with Gasteiger partial charge in [-0.05, 0) is 108 Å². The Hall–Kier alpha value is -9.54. The molecule has 356 valence electrons. The monoisotopic (exact) mass is 982 g/mol. The fourth-order valence-electron chi connectivity index (χ4n) is 13.5. The highest BCUT2D eigenvalue weighted by molar-refractivity contribution is 7.19. The van der Waals surface area contributed by atoms with E-state index >= 15 is 0 Å². The zero-order valence-electron chi connectivity index (χ0n) is 41.8. The van der Waals surface area contributed by atoms with Crippen molar-refractivity contribution in [2.45, 2.75) is 5.41 Å². The average Bonchev–Trinajstić information content (AvgIpc) is 4.19. The van der Waals surface area contributed by atoms with Crippen LogP contribution in [0.4, 0.5) is 0 Å². The minimum absolute atomic E-state index is 0.473. The minimum atomic E-state index is -2.74. The molecule has 0 aliphatic heterocycles. The number of hydrogen-bond acceptors (Lipinski definition) is 0. The predicted molar refractivity (Wildman–Crippen MR) is 321 cm³/mol. The van der Waals surface area contributed by atoms with Gasteiger partial charge in [0.15, 0.2) is 8.07 Å². The second kappa shape index (κ2) is 17.6. The minimum Gasteiger partial charge on any atom is -0.307 e. The molecule has 0 amide bonds. The normalized spacial score (nSPS) is 12.8. The molecule has 15 rings (SSSR count). The van der Waals surface area contributed by atoms with Crippen molar-refractivity contribution in [2.75, 3.05) is 0 Å². The summed E-state index contributed by atoms with van der Waals surface area (Å²) in [6, 6.07) is 113. The second-order valence-corrected chi connectivity index (χ2v) is 24.1. The highest BCUT2D eigenvalue weighted by Crippen LogP contribution is 2.58. The highest BCUT2D eigenvalue weighted by Gasteiger charge is 2.47. The largest absolute Gasteiger partial charge is 0.307 e. The Labute approximate surface area is 443 Å². The van der Waals surface area contributed by atoms with Gasteiger partial charge in [-0.1, -0.05) is 261 Å². The first-order chi connectivity index (χ1) is 37.7. The van der Waals surface area contributed by atoms with Gasteiger partial charge >= 0.3 is 0 Å². The second-order valence-electron chi connectivity index (χ2n) is 20.3. The van der Waals surface area contributed by atoms with Crippen molar-refractivity contribution in [3.63, 3.8) is 0 Å². The van der Waals surface area contributed by atoms with Gasteiger partial charge in [0, 0.05) is 27.2 Å². The van der Waals surface area contributed by atoms with Gasteiger partial charge in [-0.3, -0.25) is 0 Å². The fourth-order valence-corrected chi connectivity index (χ4v) is 18.3. The fraction of sp³-hybridized carbons (Fsp3) is 0.0137. The van der Waals surface area contributed by atoms with E-state index in [0.29, 0.717) is 0 Å². The van der Waals surface area contributed by atoms with Crippen molar-refractivity contribution in [1.29, 1.82) is 0 Å². The van der Waals surface area contributed by atoms with Crippen molar-refractivity contribution in [2.24, 2.45) is 0 Å². The average molecular weight is 983 g/mol. The summed E-state index contributed by atoms with van der Waals surface area (Å²) in [7, 11) is -2.74. The molecule has 0 saturated heterocycles. The van der Waals surface area contributed by atoms with Gasteiger partial charge in [-0.25, -0.2) is 0 Å². The maximum absolute atomic E-state index is 2.74. The van der Waals surface area contributed by atoms with Gasteiger partial charge < -0.3 is 9.13 Å². The summed E-state index contributed by atoms with van der Waals surface area (Å²) in [5, 5.41) is 10.3. The quantitative estimate of drug-likeness (QED) is 0.101. The van der Waals surface area contributed by atoms with Crippen LogP contribution in [0.15, 0.2) is 303 Å². The van der Waals surface area contributed by atoms with Crippen LogP contribution in [-0.4, -0.2) is 17.2 Å². The molecule has 12 aromatic carbocycles. The molecule has 0 N–H and O–H groups in total. The molecular weight excluding hydrogens is 933 g/mol. The lowest BCUT2D eigenvalue weighted by Crippen LogP contribution is -2.74. The molecule has 0 fully saturated rings. The topological polar surface area (TPSA) is 9.86 Å². The van der Waals surface area contributed by atoms with E-state index in [-0.39, 0.29) is 0 Å². The smallest absolute Gasteiger partial charge is 0.179 e. The number of fused-ring (bicyclic) bond motifs is 9. The van der Waals surface area contributed by atoms with Crippen LogP contribution < -0.4 is 20.7 Å². The molecule has 3 heteroatoms. The van der Waals surface area contributed by atoms with Crippen LogP contribution in [0.25, 0.3) is 77.2 Å². The van der Waals surface area contributed by atoms with Gasteiger partial charge in [0.2, 0.25) is 0 Å². The molecule has 1 aliphatic rings. The first-order valence-corrected chi connectivity index (χ1v) is 28.4. The number of aromatic nitrogens is 2. The highest BCUT2D eigenvalue weighted by atomic mass is 28.3. The number of para-hydroxylation sites is 3. The van der Waals surface area contributed by atoms with E-state index in [1.165, 1.54) is 109 Å². The zero-order valence-corrected chi connectivity index (χ0v) is 42.8. The Morgan fingerprint density at radius 1 is 0.289 bits per heavy atom. The van der Waals surface area contributed by atoms with E-state index < -0.39 is 13.5 Å². The molecule has 2 aromatic heterocycles. The molecule has 76 heavy (non-hydrogen) atoms. The molecule has 0 unspecified atom stereocenters. The Morgan fingerprint density at radius 2 is 0.737 bits per heavy atom. The van der Waals surface area contributed by atoms with E-state index in [9.17, 15) is 0 Å². The Morgan fingerprint density at radius 3 is 1.36 bits per heavy atom. The lowest BCUT2D eigenvalue weighted by atomic mass is 9.67. The van der Waals surface area contributed by atoms with Crippen molar-refractivity contribution in [3.05, 3.63) is 326 Å². The molecule has 14 aromatic rings. The van der Waals surface area contributed by atoms with Crippen molar-refractivity contribution < 1.29 is 0 Å². The Bertz CT molecular complexity index is 4350. The molecule has 0 spiro atoms. The Kier molecular flexibility index (Phi) is 10.2. The van der Waals surface area contributed by atoms with Crippen LogP contribution in [0.3, 0.4) is 0 Å². The van der Waals surface area contributed by atoms with E-state index in [1.54, 1.807) is 0 Å². The van der Waals surface area contributed by atoms with Gasteiger partial charge in [0.05, 0.1) is 33.2 Å². The van der Waals surface area contributed by atoms with Gasteiger partial charge in [0.25, 0.3) is 0 Å². The third-order valence-corrected chi connectivity index (χ3v) is 21.4. The van der Waals surface area contributed by atoms with Gasteiger partial charge in [-0.15, -0.1) is 0 Å². The van der Waals surface area contributed by atoms with Crippen molar-refractivity contribution in [3.8, 4) is 33.6 Å². The molecule has 2 heterocycles. The summed E-state index contributed by atoms with van der Waals surface area (Å²) in [5.74, 6) is 0. The van der Waals surface area contributed by atoms with Crippen LogP contribution in [-0.2, 0) is 5.41 Å². The number of rotatable bonds is 9. The summed E-state index contributed by atoms with van der Waals surface area (Å²) >= 11 is 0. The van der Waals surface area contributed by atoms with E-state index in [2.05, 4.69) is 312 Å². The third kappa shape index (κ3) is 6.33. The molecular formula is C73H50N2Si. The van der Waals surface area contributed by atoms with E-state index in [4.69, 9.17) is 0 Å². The van der Waals surface area contributed by atoms with Crippen LogP contribution >= 0.6 is 0 Å². The Balaban J connectivity index is 0.934. The van der Waals surface area contributed by atoms with Gasteiger partial charge in [0.1, 0.15) is 0 Å². The first kappa shape index (κ1) is 44.0. The lowest BCUT2D eigenvalue weighted by Gasteiger charge is -2.34. The zero-order chi connectivity index (χ0) is 50.2. The van der Waals surface area contributed by atoms with Crippen molar-refractivity contribution >= 4 is 72.4 Å². The van der Waals surface area contributed by atoms with E-state index in [0.717, 1.165) is 11.4 Å². The first-order valence-electron chi connectivity index (χ1n) is 26.4. The molecule has 0 saturated carbocycles. The molecule has 0 atom stereocenters. The standard InChI is InChI=1S/C73H50N2Si/c1-6-24-52(25-7-1)73(53-26-8-2-9-27-53)65-39-19-16-36-63(65)71-59(37-22-40-66(71)73)51-44-49-69-64(50-51)61-35-18-21-42-68(61)75(69)70-43-23-38-62-60-34-17-20-41-67(60)74(72(62)70)54-45-47-58(48-46-54)76(55-28-10-3-11-29-55,56-30-12-4-13-31-56)57-32-14-5-15-33-57/h1-50H. The van der Waals surface area contributed by atoms with Crippen molar-refractivity contribution in [1.82, 2.24) is 9.13 Å². The maximum Gasteiger partial charge on any atom is 0.179 e. The number of hydrogen-bond donors (Lipinski definition) is 0. The molecule has 2 nitrogen and oxygen atoms in total. The molecule has 0 bridgehead atoms. The summed E-state index contributed by atoms with van der Waals surface area (Å²) in [5.41, 5.74) is 16.7. The third-order valence-electron chi connectivity index (χ3n) is 16.6. The summed E-state index contributed by atoms with van der Waals surface area (Å²) < 4.78 is 5.02. The van der Waals surface area contributed by atoms with Crippen LogP contribution in [0.1, 0.15) is 22.3 Å². The summed E-state index contributed by atoms with van der Waals surface area (Å²) in [6.45, 7) is 0. The number of nitrogens with zero attached hydrogens (tertiary/aromatic N) is 2. The van der Waals surface area contributed by atoms with Crippen LogP contribution in [0.2, 0.25) is 0 Å². The number of benzene rings is 12. The van der Waals surface area contributed by atoms with Crippen LogP contribution in [0, 0.1) is 0 Å². The summed E-state index contributed by atoms with van der Waals surface area (Å²) in [4.78, 5) is 0. The molecule has 0 radical (unpaired) electrons. The predicted octanol–water partition coefficient (Wildman–Crippen LogP) is 15.3. The SMILES string of the molecule is c1ccc(C2(c3ccccc3)c3ccccc3-c3c(-c4ccc5c(c4)c4ccccc4n5-c4cccc5c6ccccc6n(-c6ccc([Si](c7ccccc7)(c7ccccc7)c7ccccc7)cc6)c45)cccc32)cc1. The maximum atomic E-state index is 2.51. The van der Waals surface area contributed by atoms with Crippen LogP contribution in [0.5, 0.6) is 0 Å². The molecule has 1 aliphatic carbocycles. The van der Waals surface area contributed by atoms with Gasteiger partial charge in [-0.2, -0.15) is 0 Å². The summed E-state index contributed by atoms with van der Waals surface area (Å²) in [6.07, 6.45) is 0.